The van der Waals surface area contributed by atoms with Gasteiger partial charge in [-0.25, -0.2) is 0 Å². The summed E-state index contributed by atoms with van der Waals surface area (Å²) in [4.78, 5) is 2.25. The zero-order valence-corrected chi connectivity index (χ0v) is 12.5. The zero-order chi connectivity index (χ0) is 14.3. The molecule has 0 fully saturated rings. The van der Waals surface area contributed by atoms with E-state index in [0.29, 0.717) is 13.2 Å². The Labute approximate surface area is 116 Å². The van der Waals surface area contributed by atoms with Crippen molar-refractivity contribution >= 4 is 0 Å². The number of hydrogen-bond acceptors (Lipinski definition) is 4. The molecule has 0 bridgehead atoms. The predicted octanol–water partition coefficient (Wildman–Crippen LogP) is 1.99. The molecule has 19 heavy (non-hydrogen) atoms. The van der Waals surface area contributed by atoms with Crippen molar-refractivity contribution in [3.63, 3.8) is 0 Å². The van der Waals surface area contributed by atoms with Crippen LogP contribution in [-0.4, -0.2) is 45.3 Å². The number of nitrogens with zero attached hydrogens (tertiary/aromatic N) is 1. The van der Waals surface area contributed by atoms with Gasteiger partial charge in [0.15, 0.2) is 0 Å². The van der Waals surface area contributed by atoms with Gasteiger partial charge < -0.3 is 20.1 Å². The van der Waals surface area contributed by atoms with E-state index in [1.807, 2.05) is 24.3 Å². The van der Waals surface area contributed by atoms with Crippen molar-refractivity contribution in [1.82, 2.24) is 4.90 Å². The molecule has 1 aromatic carbocycles. The summed E-state index contributed by atoms with van der Waals surface area (Å²) in [5.41, 5.74) is 5.88. The van der Waals surface area contributed by atoms with Gasteiger partial charge in [0.1, 0.15) is 18.1 Å². The topological polar surface area (TPSA) is 47.7 Å². The van der Waals surface area contributed by atoms with E-state index in [9.17, 15) is 0 Å². The van der Waals surface area contributed by atoms with Crippen LogP contribution in [0.3, 0.4) is 0 Å². The average molecular weight is 266 g/mol. The lowest BCUT2D eigenvalue weighted by Gasteiger charge is -2.28. The highest BCUT2D eigenvalue weighted by Gasteiger charge is 2.17. The van der Waals surface area contributed by atoms with Crippen LogP contribution < -0.4 is 15.2 Å². The van der Waals surface area contributed by atoms with Crippen molar-refractivity contribution < 1.29 is 9.47 Å². The Morgan fingerprint density at radius 3 is 2.26 bits per heavy atom. The summed E-state index contributed by atoms with van der Waals surface area (Å²) >= 11 is 0. The maximum Gasteiger partial charge on any atom is 0.119 e. The Morgan fingerprint density at radius 1 is 1.16 bits per heavy atom. The second-order valence-electron chi connectivity index (χ2n) is 5.63. The molecule has 0 unspecified atom stereocenters. The molecule has 0 radical (unpaired) electrons. The number of rotatable bonds is 8. The third kappa shape index (κ3) is 5.94. The second kappa shape index (κ2) is 7.36. The SMILES string of the molecule is COc1ccc(OCCN(C)CC(C)(C)CN)cc1. The standard InChI is InChI=1S/C15H26N2O2/c1-15(2,11-16)12-17(3)9-10-19-14-7-5-13(18-4)6-8-14/h5-8H,9-12,16H2,1-4H3. The summed E-state index contributed by atoms with van der Waals surface area (Å²) in [5.74, 6) is 1.71. The van der Waals surface area contributed by atoms with Crippen LogP contribution in [0.5, 0.6) is 11.5 Å². The predicted molar refractivity (Wildman–Crippen MR) is 78.8 cm³/mol. The van der Waals surface area contributed by atoms with E-state index in [1.165, 1.54) is 0 Å². The highest BCUT2D eigenvalue weighted by atomic mass is 16.5. The van der Waals surface area contributed by atoms with Crippen LogP contribution in [-0.2, 0) is 0 Å². The molecule has 0 aliphatic rings. The summed E-state index contributed by atoms with van der Waals surface area (Å²) in [6, 6.07) is 7.64. The van der Waals surface area contributed by atoms with E-state index in [-0.39, 0.29) is 5.41 Å². The van der Waals surface area contributed by atoms with Gasteiger partial charge in [-0.05, 0) is 43.3 Å². The fraction of sp³-hybridized carbons (Fsp3) is 0.600. The van der Waals surface area contributed by atoms with Crippen LogP contribution in [0.25, 0.3) is 0 Å². The molecule has 0 amide bonds. The molecule has 1 aromatic rings. The normalized spacial score (nSPS) is 11.7. The minimum Gasteiger partial charge on any atom is -0.497 e. The van der Waals surface area contributed by atoms with Gasteiger partial charge >= 0.3 is 0 Å². The van der Waals surface area contributed by atoms with Gasteiger partial charge in [-0.1, -0.05) is 13.8 Å². The van der Waals surface area contributed by atoms with Crippen LogP contribution in [0, 0.1) is 5.41 Å². The first-order valence-electron chi connectivity index (χ1n) is 6.62. The molecule has 0 saturated heterocycles. The third-order valence-electron chi connectivity index (χ3n) is 3.05. The summed E-state index contributed by atoms with van der Waals surface area (Å²) in [5, 5.41) is 0. The van der Waals surface area contributed by atoms with E-state index in [1.54, 1.807) is 7.11 Å². The zero-order valence-electron chi connectivity index (χ0n) is 12.5. The highest BCUT2D eigenvalue weighted by Crippen LogP contribution is 2.17. The molecule has 4 nitrogen and oxygen atoms in total. The number of hydrogen-bond donors (Lipinski definition) is 1. The molecule has 0 aliphatic heterocycles. The molecule has 0 aromatic heterocycles. The van der Waals surface area contributed by atoms with E-state index in [0.717, 1.165) is 24.6 Å². The van der Waals surface area contributed by atoms with Crippen molar-refractivity contribution in [2.24, 2.45) is 11.1 Å². The van der Waals surface area contributed by atoms with Gasteiger partial charge in [0.05, 0.1) is 7.11 Å². The Hall–Kier alpha value is -1.26. The molecule has 0 saturated carbocycles. The van der Waals surface area contributed by atoms with Crippen molar-refractivity contribution in [3.8, 4) is 11.5 Å². The molecule has 1 rings (SSSR count). The van der Waals surface area contributed by atoms with Gasteiger partial charge in [0.25, 0.3) is 0 Å². The first-order chi connectivity index (χ1) is 8.96. The third-order valence-corrected chi connectivity index (χ3v) is 3.05. The molecule has 2 N–H and O–H groups in total. The lowest BCUT2D eigenvalue weighted by molar-refractivity contribution is 0.181. The quantitative estimate of drug-likeness (QED) is 0.781. The maximum absolute atomic E-state index is 5.73. The minimum absolute atomic E-state index is 0.148. The maximum atomic E-state index is 5.73. The Bertz CT molecular complexity index is 363. The molecule has 4 heteroatoms. The van der Waals surface area contributed by atoms with Crippen molar-refractivity contribution in [1.29, 1.82) is 0 Å². The molecule has 0 spiro atoms. The number of nitrogens with two attached hydrogens (primary N) is 1. The fourth-order valence-corrected chi connectivity index (χ4v) is 1.87. The van der Waals surface area contributed by atoms with Crippen molar-refractivity contribution in [2.45, 2.75) is 13.8 Å². The first-order valence-corrected chi connectivity index (χ1v) is 6.62. The van der Waals surface area contributed by atoms with Gasteiger partial charge in [-0.3, -0.25) is 0 Å². The average Bonchev–Trinajstić information content (AvgIpc) is 2.39. The Morgan fingerprint density at radius 2 is 1.74 bits per heavy atom. The highest BCUT2D eigenvalue weighted by molar-refractivity contribution is 5.31. The Balaban J connectivity index is 2.29. The van der Waals surface area contributed by atoms with Crippen LogP contribution in [0.2, 0.25) is 0 Å². The summed E-state index contributed by atoms with van der Waals surface area (Å²) in [7, 11) is 3.75. The number of likely N-dealkylation sites (N-methyl/N-ethyl adjacent to an activating group) is 1. The van der Waals surface area contributed by atoms with Gasteiger partial charge in [0.2, 0.25) is 0 Å². The molecule has 0 atom stereocenters. The molecule has 0 heterocycles. The van der Waals surface area contributed by atoms with Gasteiger partial charge in [0, 0.05) is 13.1 Å². The van der Waals surface area contributed by atoms with Gasteiger partial charge in [-0.15, -0.1) is 0 Å². The largest absolute Gasteiger partial charge is 0.497 e. The fourth-order valence-electron chi connectivity index (χ4n) is 1.87. The van der Waals surface area contributed by atoms with E-state index >= 15 is 0 Å². The number of methoxy groups -OCH3 is 1. The lowest BCUT2D eigenvalue weighted by Crippen LogP contribution is -2.38. The minimum atomic E-state index is 0.148. The lowest BCUT2D eigenvalue weighted by atomic mass is 9.93. The van der Waals surface area contributed by atoms with Crippen LogP contribution in [0.1, 0.15) is 13.8 Å². The molecule has 0 aliphatic carbocycles. The summed E-state index contributed by atoms with van der Waals surface area (Å²) in [6.07, 6.45) is 0. The monoisotopic (exact) mass is 266 g/mol. The van der Waals surface area contributed by atoms with Crippen LogP contribution in [0.15, 0.2) is 24.3 Å². The van der Waals surface area contributed by atoms with Gasteiger partial charge in [-0.2, -0.15) is 0 Å². The number of ether oxygens (including phenoxy) is 2. The van der Waals surface area contributed by atoms with Crippen LogP contribution >= 0.6 is 0 Å². The second-order valence-corrected chi connectivity index (χ2v) is 5.63. The molecular weight excluding hydrogens is 240 g/mol. The van der Waals surface area contributed by atoms with E-state index in [4.69, 9.17) is 15.2 Å². The van der Waals surface area contributed by atoms with Crippen molar-refractivity contribution in [2.75, 3.05) is 40.4 Å². The molecular formula is C15H26N2O2. The smallest absolute Gasteiger partial charge is 0.119 e. The van der Waals surface area contributed by atoms with E-state index in [2.05, 4.69) is 25.8 Å². The van der Waals surface area contributed by atoms with Crippen LogP contribution in [0.4, 0.5) is 0 Å². The number of benzene rings is 1. The summed E-state index contributed by atoms with van der Waals surface area (Å²) in [6.45, 7) is 7.56. The summed E-state index contributed by atoms with van der Waals surface area (Å²) < 4.78 is 10.8. The van der Waals surface area contributed by atoms with Crippen molar-refractivity contribution in [3.05, 3.63) is 24.3 Å². The van der Waals surface area contributed by atoms with E-state index < -0.39 is 0 Å². The Kier molecular flexibility index (Phi) is 6.12. The first kappa shape index (κ1) is 15.8. The molecule has 108 valence electrons.